The molecule has 27 heavy (non-hydrogen) atoms. The molecule has 1 saturated heterocycles. The van der Waals surface area contributed by atoms with Crippen LogP contribution in [0.2, 0.25) is 0 Å². The molecule has 1 aliphatic heterocycles. The SMILES string of the molecule is CCCc1ccc(S(=O)(=O)NCC2CNNC2c2cccc(OC)c2)cc1. The molecular formula is C20H27N3O3S. The van der Waals surface area contributed by atoms with Crippen molar-refractivity contribution in [3.8, 4) is 5.75 Å². The highest BCUT2D eigenvalue weighted by Crippen LogP contribution is 2.27. The molecule has 7 heteroatoms. The number of hydrogen-bond donors (Lipinski definition) is 3. The molecule has 3 N–H and O–H groups in total. The number of ether oxygens (including phenoxy) is 1. The summed E-state index contributed by atoms with van der Waals surface area (Å²) in [7, 11) is -1.89. The minimum absolute atomic E-state index is 0.00901. The summed E-state index contributed by atoms with van der Waals surface area (Å²) in [5, 5.41) is 0. The lowest BCUT2D eigenvalue weighted by atomic mass is 9.95. The van der Waals surface area contributed by atoms with Crippen LogP contribution in [0.15, 0.2) is 53.4 Å². The van der Waals surface area contributed by atoms with Gasteiger partial charge in [-0.05, 0) is 41.8 Å². The summed E-state index contributed by atoms with van der Waals surface area (Å²) < 4.78 is 33.3. The Morgan fingerprint density at radius 3 is 2.67 bits per heavy atom. The summed E-state index contributed by atoms with van der Waals surface area (Å²) in [5.41, 5.74) is 8.58. The van der Waals surface area contributed by atoms with Gasteiger partial charge in [-0.2, -0.15) is 0 Å². The quantitative estimate of drug-likeness (QED) is 0.646. The van der Waals surface area contributed by atoms with Gasteiger partial charge in [-0.25, -0.2) is 18.6 Å². The predicted molar refractivity (Wildman–Crippen MR) is 106 cm³/mol. The Morgan fingerprint density at radius 1 is 1.19 bits per heavy atom. The van der Waals surface area contributed by atoms with Gasteiger partial charge in [0.25, 0.3) is 0 Å². The molecule has 1 heterocycles. The topological polar surface area (TPSA) is 79.5 Å². The van der Waals surface area contributed by atoms with Gasteiger partial charge in [0.15, 0.2) is 0 Å². The second kappa shape index (κ2) is 8.84. The minimum atomic E-state index is -3.53. The van der Waals surface area contributed by atoms with E-state index in [1.807, 2.05) is 36.4 Å². The smallest absolute Gasteiger partial charge is 0.240 e. The first-order valence-electron chi connectivity index (χ1n) is 9.24. The number of benzene rings is 2. The molecule has 3 rings (SSSR count). The Hall–Kier alpha value is -1.93. The molecule has 1 fully saturated rings. The van der Waals surface area contributed by atoms with Gasteiger partial charge in [0.1, 0.15) is 5.75 Å². The summed E-state index contributed by atoms with van der Waals surface area (Å²) in [6, 6.07) is 15.0. The molecule has 146 valence electrons. The van der Waals surface area contributed by atoms with E-state index in [9.17, 15) is 8.42 Å². The van der Waals surface area contributed by atoms with E-state index in [2.05, 4.69) is 22.5 Å². The molecule has 0 spiro atoms. The van der Waals surface area contributed by atoms with Crippen LogP contribution in [0, 0.1) is 5.92 Å². The number of sulfonamides is 1. The van der Waals surface area contributed by atoms with E-state index in [0.717, 1.165) is 29.7 Å². The van der Waals surface area contributed by atoms with Crippen molar-refractivity contribution in [2.75, 3.05) is 20.2 Å². The van der Waals surface area contributed by atoms with Crippen molar-refractivity contribution in [1.29, 1.82) is 0 Å². The first kappa shape index (κ1) is 19.8. The zero-order valence-corrected chi connectivity index (χ0v) is 16.6. The Labute approximate surface area is 161 Å². The van der Waals surface area contributed by atoms with Crippen LogP contribution in [0.25, 0.3) is 0 Å². The molecule has 0 aromatic heterocycles. The Morgan fingerprint density at radius 2 is 1.96 bits per heavy atom. The maximum absolute atomic E-state index is 12.6. The molecular weight excluding hydrogens is 362 g/mol. The van der Waals surface area contributed by atoms with Crippen LogP contribution >= 0.6 is 0 Å². The van der Waals surface area contributed by atoms with Crippen LogP contribution in [-0.4, -0.2) is 28.6 Å². The first-order valence-corrected chi connectivity index (χ1v) is 10.7. The fraction of sp³-hybridized carbons (Fsp3) is 0.400. The molecule has 0 amide bonds. The van der Waals surface area contributed by atoms with Crippen LogP contribution in [0.5, 0.6) is 5.75 Å². The van der Waals surface area contributed by atoms with Crippen molar-refractivity contribution in [3.05, 3.63) is 59.7 Å². The third kappa shape index (κ3) is 4.87. The van der Waals surface area contributed by atoms with Crippen molar-refractivity contribution in [2.45, 2.75) is 30.7 Å². The number of hydrogen-bond acceptors (Lipinski definition) is 5. The summed E-state index contributed by atoms with van der Waals surface area (Å²) in [6.45, 7) is 3.13. The lowest BCUT2D eigenvalue weighted by Gasteiger charge is -2.20. The van der Waals surface area contributed by atoms with Gasteiger partial charge in [-0.1, -0.05) is 37.6 Å². The molecule has 0 saturated carbocycles. The maximum Gasteiger partial charge on any atom is 0.240 e. The van der Waals surface area contributed by atoms with Crippen LogP contribution in [0.4, 0.5) is 0 Å². The molecule has 2 atom stereocenters. The second-order valence-corrected chi connectivity index (χ2v) is 8.55. The minimum Gasteiger partial charge on any atom is -0.497 e. The predicted octanol–water partition coefficient (Wildman–Crippen LogP) is 2.39. The van der Waals surface area contributed by atoms with Crippen LogP contribution in [0.1, 0.15) is 30.5 Å². The van der Waals surface area contributed by atoms with E-state index < -0.39 is 10.0 Å². The van der Waals surface area contributed by atoms with Crippen LogP contribution < -0.4 is 20.3 Å². The number of rotatable bonds is 8. The summed E-state index contributed by atoms with van der Waals surface area (Å²) in [4.78, 5) is 0.305. The molecule has 0 aliphatic carbocycles. The number of aryl methyl sites for hydroxylation is 1. The van der Waals surface area contributed by atoms with Gasteiger partial charge >= 0.3 is 0 Å². The fourth-order valence-corrected chi connectivity index (χ4v) is 4.43. The third-order valence-corrected chi connectivity index (χ3v) is 6.29. The standard InChI is InChI=1S/C20H27N3O3S/c1-3-5-15-8-10-19(11-9-15)27(24,25)22-14-17-13-21-23-20(17)16-6-4-7-18(12-16)26-2/h4,6-12,17,20-23H,3,5,13-14H2,1-2H3. The van der Waals surface area contributed by atoms with Gasteiger partial charge in [0, 0.05) is 19.0 Å². The average molecular weight is 390 g/mol. The lowest BCUT2D eigenvalue weighted by molar-refractivity contribution is 0.411. The van der Waals surface area contributed by atoms with Crippen molar-refractivity contribution >= 4 is 10.0 Å². The average Bonchev–Trinajstić information content (AvgIpc) is 3.16. The van der Waals surface area contributed by atoms with Crippen LogP contribution in [-0.2, 0) is 16.4 Å². The summed E-state index contributed by atoms with van der Waals surface area (Å²) >= 11 is 0. The summed E-state index contributed by atoms with van der Waals surface area (Å²) in [5.74, 6) is 0.874. The van der Waals surface area contributed by atoms with E-state index in [1.54, 1.807) is 19.2 Å². The highest BCUT2D eigenvalue weighted by molar-refractivity contribution is 7.89. The Balaban J connectivity index is 1.67. The number of methoxy groups -OCH3 is 1. The van der Waals surface area contributed by atoms with Crippen molar-refractivity contribution < 1.29 is 13.2 Å². The first-order chi connectivity index (χ1) is 13.0. The molecule has 0 radical (unpaired) electrons. The van der Waals surface area contributed by atoms with Gasteiger partial charge in [-0.3, -0.25) is 5.43 Å². The molecule has 6 nitrogen and oxygen atoms in total. The zero-order valence-electron chi connectivity index (χ0n) is 15.7. The van der Waals surface area contributed by atoms with E-state index >= 15 is 0 Å². The normalized spacial score (nSPS) is 19.9. The maximum atomic E-state index is 12.6. The largest absolute Gasteiger partial charge is 0.497 e. The van der Waals surface area contributed by atoms with E-state index in [1.165, 1.54) is 0 Å². The van der Waals surface area contributed by atoms with E-state index in [-0.39, 0.29) is 12.0 Å². The molecule has 2 aromatic carbocycles. The van der Waals surface area contributed by atoms with Gasteiger partial charge < -0.3 is 4.74 Å². The van der Waals surface area contributed by atoms with Gasteiger partial charge in [-0.15, -0.1) is 0 Å². The molecule has 1 aliphatic rings. The van der Waals surface area contributed by atoms with Gasteiger partial charge in [0.2, 0.25) is 10.0 Å². The fourth-order valence-electron chi connectivity index (χ4n) is 3.34. The third-order valence-electron chi connectivity index (χ3n) is 4.85. The molecule has 2 aromatic rings. The lowest BCUT2D eigenvalue weighted by Crippen LogP contribution is -2.32. The van der Waals surface area contributed by atoms with Crippen molar-refractivity contribution in [2.24, 2.45) is 5.92 Å². The Bertz CT molecular complexity index is 853. The highest BCUT2D eigenvalue weighted by atomic mass is 32.2. The van der Waals surface area contributed by atoms with Crippen molar-refractivity contribution in [1.82, 2.24) is 15.6 Å². The summed E-state index contributed by atoms with van der Waals surface area (Å²) in [6.07, 6.45) is 1.99. The monoisotopic (exact) mass is 389 g/mol. The Kier molecular flexibility index (Phi) is 6.49. The zero-order chi connectivity index (χ0) is 19.3. The van der Waals surface area contributed by atoms with E-state index in [4.69, 9.17) is 4.74 Å². The second-order valence-electron chi connectivity index (χ2n) is 6.79. The van der Waals surface area contributed by atoms with Crippen molar-refractivity contribution in [3.63, 3.8) is 0 Å². The van der Waals surface area contributed by atoms with E-state index in [0.29, 0.717) is 18.0 Å². The number of nitrogens with one attached hydrogen (secondary N) is 3. The molecule has 2 unspecified atom stereocenters. The van der Waals surface area contributed by atoms with Crippen LogP contribution in [0.3, 0.4) is 0 Å². The van der Waals surface area contributed by atoms with Gasteiger partial charge in [0.05, 0.1) is 18.0 Å². The number of hydrazine groups is 1. The molecule has 0 bridgehead atoms. The highest BCUT2D eigenvalue weighted by Gasteiger charge is 2.29.